The fourth-order valence-electron chi connectivity index (χ4n) is 1.47. The fourth-order valence-corrected chi connectivity index (χ4v) is 1.63. The molecule has 0 aliphatic heterocycles. The molecule has 0 radical (unpaired) electrons. The molecule has 1 aromatic carbocycles. The predicted molar refractivity (Wildman–Crippen MR) is 66.0 cm³/mol. The second-order valence-corrected chi connectivity index (χ2v) is 4.52. The zero-order valence-corrected chi connectivity index (χ0v) is 10.2. The van der Waals surface area contributed by atoms with Crippen molar-refractivity contribution in [1.29, 1.82) is 0 Å². The molecule has 1 saturated carbocycles. The molecular weight excluding hydrogens is 240 g/mol. The van der Waals surface area contributed by atoms with Crippen molar-refractivity contribution in [3.8, 4) is 5.75 Å². The molecule has 1 fully saturated rings. The summed E-state index contributed by atoms with van der Waals surface area (Å²) < 4.78 is 5.42. The lowest BCUT2D eigenvalue weighted by atomic mass is 10.2. The maximum Gasteiger partial charge on any atom is 0.258 e. The van der Waals surface area contributed by atoms with Crippen molar-refractivity contribution in [3.63, 3.8) is 0 Å². The van der Waals surface area contributed by atoms with Crippen LogP contribution in [0.3, 0.4) is 0 Å². The number of nitrogens with two attached hydrogens (primary N) is 1. The lowest BCUT2D eigenvalue weighted by Gasteiger charge is -2.10. The van der Waals surface area contributed by atoms with E-state index in [1.54, 1.807) is 18.2 Å². The van der Waals surface area contributed by atoms with E-state index in [0.29, 0.717) is 23.4 Å². The Morgan fingerprint density at radius 2 is 2.29 bits per heavy atom. The molecule has 0 spiro atoms. The average molecular weight is 255 g/mol. The Kier molecular flexibility index (Phi) is 3.86. The third-order valence-corrected chi connectivity index (χ3v) is 2.79. The van der Waals surface area contributed by atoms with Gasteiger partial charge in [0.25, 0.3) is 5.91 Å². The zero-order chi connectivity index (χ0) is 12.3. The van der Waals surface area contributed by atoms with Crippen LogP contribution in [0.4, 0.5) is 0 Å². The van der Waals surface area contributed by atoms with Crippen molar-refractivity contribution in [2.45, 2.75) is 25.4 Å². The Bertz CT molecular complexity index is 419. The number of benzene rings is 1. The zero-order valence-electron chi connectivity index (χ0n) is 9.41. The topological polar surface area (TPSA) is 64.3 Å². The van der Waals surface area contributed by atoms with Crippen molar-refractivity contribution in [2.24, 2.45) is 5.73 Å². The number of ether oxygens (including phenoxy) is 1. The van der Waals surface area contributed by atoms with Gasteiger partial charge in [0.2, 0.25) is 0 Å². The molecule has 5 heteroatoms. The summed E-state index contributed by atoms with van der Waals surface area (Å²) in [5.41, 5.74) is 6.42. The minimum Gasteiger partial charge on any atom is -0.483 e. The second kappa shape index (κ2) is 5.38. The summed E-state index contributed by atoms with van der Waals surface area (Å²) in [7, 11) is 0. The first-order valence-corrected chi connectivity index (χ1v) is 5.97. The average Bonchev–Trinajstić information content (AvgIpc) is 3.10. The van der Waals surface area contributed by atoms with Gasteiger partial charge in [-0.15, -0.1) is 0 Å². The summed E-state index contributed by atoms with van der Waals surface area (Å²) >= 11 is 5.86. The highest BCUT2D eigenvalue weighted by atomic mass is 35.5. The van der Waals surface area contributed by atoms with Crippen molar-refractivity contribution in [2.75, 3.05) is 6.61 Å². The number of hydrogen-bond acceptors (Lipinski definition) is 3. The Hall–Kier alpha value is -1.26. The third-order valence-electron chi connectivity index (χ3n) is 2.55. The highest BCUT2D eigenvalue weighted by molar-refractivity contribution is 6.30. The first-order valence-electron chi connectivity index (χ1n) is 5.59. The SMILES string of the molecule is NCc1ccc(Cl)cc1OCC(=O)NC1CC1. The number of rotatable bonds is 5. The minimum atomic E-state index is -0.101. The van der Waals surface area contributed by atoms with Gasteiger partial charge in [0.15, 0.2) is 6.61 Å². The number of nitrogens with one attached hydrogen (secondary N) is 1. The normalized spacial score (nSPS) is 14.5. The van der Waals surface area contributed by atoms with Gasteiger partial charge in [0.05, 0.1) is 0 Å². The number of hydrogen-bond donors (Lipinski definition) is 2. The molecule has 0 atom stereocenters. The van der Waals surface area contributed by atoms with Crippen LogP contribution in [0.1, 0.15) is 18.4 Å². The number of carbonyl (C=O) groups is 1. The summed E-state index contributed by atoms with van der Waals surface area (Å²) in [6, 6.07) is 5.57. The fraction of sp³-hybridized carbons (Fsp3) is 0.417. The van der Waals surface area contributed by atoms with Gasteiger partial charge in [0, 0.05) is 23.2 Å². The van der Waals surface area contributed by atoms with Crippen molar-refractivity contribution < 1.29 is 9.53 Å². The monoisotopic (exact) mass is 254 g/mol. The molecule has 4 nitrogen and oxygen atoms in total. The first kappa shape index (κ1) is 12.2. The summed E-state index contributed by atoms with van der Waals surface area (Å²) in [4.78, 5) is 11.5. The Morgan fingerprint density at radius 3 is 2.94 bits per heavy atom. The molecule has 0 unspecified atom stereocenters. The largest absolute Gasteiger partial charge is 0.483 e. The second-order valence-electron chi connectivity index (χ2n) is 4.09. The minimum absolute atomic E-state index is 0.00381. The molecule has 0 saturated heterocycles. The van der Waals surface area contributed by atoms with E-state index in [4.69, 9.17) is 22.1 Å². The number of carbonyl (C=O) groups excluding carboxylic acids is 1. The lowest BCUT2D eigenvalue weighted by Crippen LogP contribution is -2.30. The van der Waals surface area contributed by atoms with Crippen LogP contribution in [-0.4, -0.2) is 18.6 Å². The first-order chi connectivity index (χ1) is 8.19. The van der Waals surface area contributed by atoms with Crippen LogP contribution in [0.5, 0.6) is 5.75 Å². The molecule has 3 N–H and O–H groups in total. The molecule has 0 aromatic heterocycles. The van der Waals surface area contributed by atoms with E-state index in [2.05, 4.69) is 5.32 Å². The molecule has 1 aromatic rings. The Labute approximate surface area is 105 Å². The van der Waals surface area contributed by atoms with E-state index in [0.717, 1.165) is 18.4 Å². The van der Waals surface area contributed by atoms with E-state index < -0.39 is 0 Å². The van der Waals surface area contributed by atoms with E-state index >= 15 is 0 Å². The standard InChI is InChI=1S/C12H15ClN2O2/c13-9-2-1-8(6-14)11(5-9)17-7-12(16)15-10-3-4-10/h1-2,5,10H,3-4,6-7,14H2,(H,15,16). The van der Waals surface area contributed by atoms with Gasteiger partial charge in [-0.1, -0.05) is 17.7 Å². The van der Waals surface area contributed by atoms with E-state index in [1.807, 2.05) is 0 Å². The van der Waals surface area contributed by atoms with Gasteiger partial charge in [-0.2, -0.15) is 0 Å². The Morgan fingerprint density at radius 1 is 1.53 bits per heavy atom. The summed E-state index contributed by atoms with van der Waals surface area (Å²) in [6.07, 6.45) is 2.13. The molecule has 0 heterocycles. The maximum atomic E-state index is 11.5. The Balaban J connectivity index is 1.92. The van der Waals surface area contributed by atoms with Crippen LogP contribution < -0.4 is 15.8 Å². The quantitative estimate of drug-likeness (QED) is 0.836. The van der Waals surface area contributed by atoms with Crippen LogP contribution in [0.15, 0.2) is 18.2 Å². The highest BCUT2D eigenvalue weighted by Gasteiger charge is 2.23. The summed E-state index contributed by atoms with van der Waals surface area (Å²) in [5, 5.41) is 3.42. The molecule has 2 rings (SSSR count). The van der Waals surface area contributed by atoms with Crippen molar-refractivity contribution in [3.05, 3.63) is 28.8 Å². The number of halogens is 1. The van der Waals surface area contributed by atoms with Crippen LogP contribution in [0.2, 0.25) is 5.02 Å². The van der Waals surface area contributed by atoms with Crippen LogP contribution >= 0.6 is 11.6 Å². The molecule has 1 aliphatic rings. The maximum absolute atomic E-state index is 11.5. The van der Waals surface area contributed by atoms with Crippen LogP contribution in [0, 0.1) is 0 Å². The molecule has 92 valence electrons. The van der Waals surface area contributed by atoms with Gasteiger partial charge >= 0.3 is 0 Å². The highest BCUT2D eigenvalue weighted by Crippen LogP contribution is 2.23. The van der Waals surface area contributed by atoms with Crippen LogP contribution in [-0.2, 0) is 11.3 Å². The molecule has 17 heavy (non-hydrogen) atoms. The van der Waals surface area contributed by atoms with Gasteiger partial charge in [-0.3, -0.25) is 4.79 Å². The van der Waals surface area contributed by atoms with Gasteiger partial charge in [0.1, 0.15) is 5.75 Å². The predicted octanol–water partition coefficient (Wildman–Crippen LogP) is 1.46. The molecule has 1 amide bonds. The van der Waals surface area contributed by atoms with E-state index in [1.165, 1.54) is 0 Å². The van der Waals surface area contributed by atoms with Gasteiger partial charge in [-0.25, -0.2) is 0 Å². The summed E-state index contributed by atoms with van der Waals surface area (Å²) in [6.45, 7) is 0.362. The third kappa shape index (κ3) is 3.61. The van der Waals surface area contributed by atoms with E-state index in [-0.39, 0.29) is 12.5 Å². The molecule has 1 aliphatic carbocycles. The van der Waals surface area contributed by atoms with Crippen molar-refractivity contribution >= 4 is 17.5 Å². The van der Waals surface area contributed by atoms with Crippen LogP contribution in [0.25, 0.3) is 0 Å². The number of amides is 1. The smallest absolute Gasteiger partial charge is 0.258 e. The van der Waals surface area contributed by atoms with Gasteiger partial charge < -0.3 is 15.8 Å². The summed E-state index contributed by atoms with van der Waals surface area (Å²) in [5.74, 6) is 0.474. The van der Waals surface area contributed by atoms with Crippen molar-refractivity contribution in [1.82, 2.24) is 5.32 Å². The van der Waals surface area contributed by atoms with Gasteiger partial charge in [-0.05, 0) is 25.0 Å². The molecular formula is C12H15ClN2O2. The molecule has 0 bridgehead atoms. The lowest BCUT2D eigenvalue weighted by molar-refractivity contribution is -0.123. The van der Waals surface area contributed by atoms with E-state index in [9.17, 15) is 4.79 Å².